The minimum atomic E-state index is -3.54. The van der Waals surface area contributed by atoms with Crippen LogP contribution in [0, 0.1) is 0 Å². The van der Waals surface area contributed by atoms with Gasteiger partial charge in [0.1, 0.15) is 9.88 Å². The van der Waals surface area contributed by atoms with Gasteiger partial charge >= 0.3 is 0 Å². The van der Waals surface area contributed by atoms with Crippen molar-refractivity contribution in [3.8, 4) is 0 Å². The zero-order chi connectivity index (χ0) is 14.8. The lowest BCUT2D eigenvalue weighted by atomic mass is 10.2. The summed E-state index contributed by atoms with van der Waals surface area (Å²) in [6.07, 6.45) is 3.39. The Balaban J connectivity index is 2.04. The highest BCUT2D eigenvalue weighted by Gasteiger charge is 2.23. The van der Waals surface area contributed by atoms with Gasteiger partial charge < -0.3 is 10.6 Å². The molecule has 0 saturated carbocycles. The van der Waals surface area contributed by atoms with Crippen molar-refractivity contribution in [1.82, 2.24) is 14.6 Å². The van der Waals surface area contributed by atoms with Gasteiger partial charge in [-0.1, -0.05) is 12.2 Å². The summed E-state index contributed by atoms with van der Waals surface area (Å²) >= 11 is 4.78. The van der Waals surface area contributed by atoms with Crippen molar-refractivity contribution in [3.05, 3.63) is 24.0 Å². The van der Waals surface area contributed by atoms with Gasteiger partial charge in [-0.2, -0.15) is 0 Å². The first kappa shape index (κ1) is 15.3. The number of likely N-dealkylation sites (N-methyl/N-ethyl adjacent to an activating group) is 1. The summed E-state index contributed by atoms with van der Waals surface area (Å²) in [4.78, 5) is 6.38. The number of rotatable bonds is 5. The first-order valence-electron chi connectivity index (χ1n) is 6.36. The van der Waals surface area contributed by atoms with E-state index in [0.29, 0.717) is 12.2 Å². The second-order valence-corrected chi connectivity index (χ2v) is 7.08. The largest absolute Gasteiger partial charge is 0.388 e. The molecule has 1 atom stereocenters. The van der Waals surface area contributed by atoms with Crippen molar-refractivity contribution in [2.45, 2.75) is 23.8 Å². The molecule has 2 heterocycles. The van der Waals surface area contributed by atoms with Crippen LogP contribution in [0.1, 0.15) is 18.5 Å². The maximum atomic E-state index is 12.1. The van der Waals surface area contributed by atoms with Crippen molar-refractivity contribution in [2.24, 2.45) is 5.73 Å². The van der Waals surface area contributed by atoms with Crippen LogP contribution in [-0.4, -0.2) is 49.5 Å². The van der Waals surface area contributed by atoms with Gasteiger partial charge in [-0.25, -0.2) is 13.1 Å². The minimum Gasteiger partial charge on any atom is -0.388 e. The summed E-state index contributed by atoms with van der Waals surface area (Å²) < 4.78 is 26.9. The van der Waals surface area contributed by atoms with Crippen LogP contribution >= 0.6 is 12.2 Å². The van der Waals surface area contributed by atoms with E-state index in [4.69, 9.17) is 18.0 Å². The lowest BCUT2D eigenvalue weighted by molar-refractivity contribution is 0.311. The molecule has 0 spiro atoms. The molecule has 2 rings (SSSR count). The summed E-state index contributed by atoms with van der Waals surface area (Å²) in [7, 11) is -1.53. The third kappa shape index (κ3) is 3.51. The third-order valence-corrected chi connectivity index (χ3v) is 5.10. The van der Waals surface area contributed by atoms with Crippen LogP contribution in [0.4, 0.5) is 0 Å². The maximum Gasteiger partial charge on any atom is 0.242 e. The van der Waals surface area contributed by atoms with Gasteiger partial charge in [-0.15, -0.1) is 0 Å². The number of aromatic nitrogens is 1. The second-order valence-electron chi connectivity index (χ2n) is 4.87. The van der Waals surface area contributed by atoms with Crippen molar-refractivity contribution >= 4 is 27.2 Å². The predicted octanol–water partition coefficient (Wildman–Crippen LogP) is 0.0883. The van der Waals surface area contributed by atoms with Crippen molar-refractivity contribution in [2.75, 3.05) is 20.1 Å². The highest BCUT2D eigenvalue weighted by molar-refractivity contribution is 7.89. The molecule has 1 unspecified atom stereocenters. The molecular weight excluding hydrogens is 296 g/mol. The molecule has 0 amide bonds. The molecule has 1 aliphatic heterocycles. The Labute approximate surface area is 124 Å². The summed E-state index contributed by atoms with van der Waals surface area (Å²) in [6, 6.07) is 3.23. The highest BCUT2D eigenvalue weighted by atomic mass is 32.2. The summed E-state index contributed by atoms with van der Waals surface area (Å²) in [5.41, 5.74) is 5.84. The molecule has 1 saturated heterocycles. The zero-order valence-corrected chi connectivity index (χ0v) is 12.9. The molecule has 0 radical (unpaired) electrons. The van der Waals surface area contributed by atoms with E-state index in [0.717, 1.165) is 19.4 Å². The summed E-state index contributed by atoms with van der Waals surface area (Å²) in [6.45, 7) is 1.42. The molecule has 0 bridgehead atoms. The Morgan fingerprint density at radius 1 is 1.60 bits per heavy atom. The molecule has 8 heteroatoms. The fraction of sp³-hybridized carbons (Fsp3) is 0.500. The number of nitrogens with two attached hydrogens (primary N) is 1. The van der Waals surface area contributed by atoms with E-state index >= 15 is 0 Å². The molecular formula is C12H18N4O2S2. The van der Waals surface area contributed by atoms with Crippen molar-refractivity contribution in [1.29, 1.82) is 0 Å². The van der Waals surface area contributed by atoms with Gasteiger partial charge in [-0.3, -0.25) is 4.98 Å². The smallest absolute Gasteiger partial charge is 0.242 e. The third-order valence-electron chi connectivity index (χ3n) is 3.48. The van der Waals surface area contributed by atoms with E-state index in [1.54, 1.807) is 0 Å². The lowest BCUT2D eigenvalue weighted by Crippen LogP contribution is -2.38. The molecule has 0 aromatic carbocycles. The number of likely N-dealkylation sites (tertiary alicyclic amines) is 1. The molecule has 20 heavy (non-hydrogen) atoms. The van der Waals surface area contributed by atoms with Crippen LogP contribution in [0.15, 0.2) is 23.2 Å². The van der Waals surface area contributed by atoms with Gasteiger partial charge in [0.15, 0.2) is 0 Å². The van der Waals surface area contributed by atoms with Crippen LogP contribution < -0.4 is 10.5 Å². The van der Waals surface area contributed by atoms with Gasteiger partial charge in [0.05, 0.1) is 5.69 Å². The van der Waals surface area contributed by atoms with Crippen molar-refractivity contribution in [3.63, 3.8) is 0 Å². The Morgan fingerprint density at radius 2 is 2.35 bits per heavy atom. The average Bonchev–Trinajstić information content (AvgIpc) is 2.82. The monoisotopic (exact) mass is 314 g/mol. The maximum absolute atomic E-state index is 12.1. The van der Waals surface area contributed by atoms with Gasteiger partial charge in [0.2, 0.25) is 10.0 Å². The number of thiocarbonyl (C=S) groups is 1. The molecule has 6 nitrogen and oxygen atoms in total. The first-order chi connectivity index (χ1) is 9.40. The SMILES string of the molecule is CN1CCCC1CNS(=O)(=O)c1ccc(C(N)=S)nc1. The number of nitrogens with one attached hydrogen (secondary N) is 1. The Bertz CT molecular complexity index is 586. The molecule has 3 N–H and O–H groups in total. The zero-order valence-electron chi connectivity index (χ0n) is 11.2. The molecule has 1 aromatic rings. The first-order valence-corrected chi connectivity index (χ1v) is 8.25. The highest BCUT2D eigenvalue weighted by Crippen LogP contribution is 2.15. The van der Waals surface area contributed by atoms with Crippen LogP contribution in [-0.2, 0) is 10.0 Å². The fourth-order valence-corrected chi connectivity index (χ4v) is 3.35. The number of nitrogens with zero attached hydrogens (tertiary/aromatic N) is 2. The van der Waals surface area contributed by atoms with Crippen LogP contribution in [0.2, 0.25) is 0 Å². The standard InChI is InChI=1S/C12H18N4O2S2/c1-16-6-2-3-9(16)7-15-20(17,18)10-4-5-11(12(13)19)14-8-10/h4-5,8-9,15H,2-3,6-7H2,1H3,(H2,13,19). The summed E-state index contributed by atoms with van der Waals surface area (Å²) in [5, 5.41) is 0. The molecule has 1 aromatic heterocycles. The number of hydrogen-bond donors (Lipinski definition) is 2. The Morgan fingerprint density at radius 3 is 2.85 bits per heavy atom. The molecule has 1 aliphatic rings. The molecule has 110 valence electrons. The lowest BCUT2D eigenvalue weighted by Gasteiger charge is -2.19. The quantitative estimate of drug-likeness (QED) is 0.749. The molecule has 0 aliphatic carbocycles. The van der Waals surface area contributed by atoms with E-state index in [9.17, 15) is 8.42 Å². The Hall–Kier alpha value is -1.09. The number of pyridine rings is 1. The number of sulfonamides is 1. The van der Waals surface area contributed by atoms with E-state index in [1.807, 2.05) is 7.05 Å². The van der Waals surface area contributed by atoms with Gasteiger partial charge in [-0.05, 0) is 38.6 Å². The normalized spacial score (nSPS) is 20.1. The van der Waals surface area contributed by atoms with Crippen LogP contribution in [0.25, 0.3) is 0 Å². The van der Waals surface area contributed by atoms with Crippen LogP contribution in [0.5, 0.6) is 0 Å². The minimum absolute atomic E-state index is 0.123. The average molecular weight is 314 g/mol. The van der Waals surface area contributed by atoms with E-state index in [-0.39, 0.29) is 15.9 Å². The van der Waals surface area contributed by atoms with E-state index in [2.05, 4.69) is 14.6 Å². The van der Waals surface area contributed by atoms with E-state index < -0.39 is 10.0 Å². The summed E-state index contributed by atoms with van der Waals surface area (Å²) in [5.74, 6) is 0. The second kappa shape index (κ2) is 6.13. The van der Waals surface area contributed by atoms with Crippen LogP contribution in [0.3, 0.4) is 0 Å². The van der Waals surface area contributed by atoms with Gasteiger partial charge in [0.25, 0.3) is 0 Å². The predicted molar refractivity (Wildman–Crippen MR) is 81.0 cm³/mol. The van der Waals surface area contributed by atoms with Gasteiger partial charge in [0, 0.05) is 18.8 Å². The Kier molecular flexibility index (Phi) is 4.69. The molecule has 1 fully saturated rings. The van der Waals surface area contributed by atoms with Crippen molar-refractivity contribution < 1.29 is 8.42 Å². The van der Waals surface area contributed by atoms with E-state index in [1.165, 1.54) is 18.3 Å². The number of hydrogen-bond acceptors (Lipinski definition) is 5. The topological polar surface area (TPSA) is 88.3 Å². The fourth-order valence-electron chi connectivity index (χ4n) is 2.21.